The van der Waals surface area contributed by atoms with Crippen molar-refractivity contribution in [1.29, 1.82) is 0 Å². The van der Waals surface area contributed by atoms with Crippen LogP contribution in [0.2, 0.25) is 0 Å². The van der Waals surface area contributed by atoms with Gasteiger partial charge in [-0.2, -0.15) is 0 Å². The number of aromatic nitrogens is 1. The summed E-state index contributed by atoms with van der Waals surface area (Å²) < 4.78 is 0. The van der Waals surface area contributed by atoms with E-state index in [1.54, 1.807) is 0 Å². The molecule has 0 bridgehead atoms. The zero-order valence-corrected chi connectivity index (χ0v) is 37.4. The van der Waals surface area contributed by atoms with Gasteiger partial charge in [-0.25, -0.2) is 4.98 Å². The molecule has 52 heavy (non-hydrogen) atoms. The van der Waals surface area contributed by atoms with E-state index in [4.69, 9.17) is 15.0 Å². The Bertz CT molecular complexity index is 1320. The average Bonchev–Trinajstić information content (AvgIpc) is 3.10. The molecule has 0 spiro atoms. The molecule has 288 valence electrons. The minimum atomic E-state index is 0. The van der Waals surface area contributed by atoms with Crippen LogP contribution in [-0.4, -0.2) is 16.4 Å². The first-order valence-electron chi connectivity index (χ1n) is 19.8. The molecular weight excluding hydrogens is 740 g/mol. The van der Waals surface area contributed by atoms with Crippen molar-refractivity contribution in [3.63, 3.8) is 0 Å². The van der Waals surface area contributed by atoms with Crippen LogP contribution in [0.1, 0.15) is 177 Å². The zero-order chi connectivity index (χ0) is 34.7. The van der Waals surface area contributed by atoms with E-state index in [2.05, 4.69) is 97.9 Å². The fraction of sp³-hybridized carbons (Fsp3) is 0.578. The maximum Gasteiger partial charge on any atom is 3.00 e. The van der Waals surface area contributed by atoms with Crippen molar-refractivity contribution in [3.8, 4) is 0 Å². The maximum absolute atomic E-state index is 5.38. The van der Waals surface area contributed by atoms with Crippen molar-refractivity contribution in [1.82, 2.24) is 4.98 Å². The number of aliphatic imine (C=N–C) groups is 2. The van der Waals surface area contributed by atoms with Crippen molar-refractivity contribution in [3.05, 3.63) is 87.2 Å². The van der Waals surface area contributed by atoms with Gasteiger partial charge in [-0.05, 0) is 136 Å². The van der Waals surface area contributed by atoms with E-state index in [1.807, 2.05) is 0 Å². The van der Waals surface area contributed by atoms with Gasteiger partial charge in [-0.15, -0.1) is 0 Å². The van der Waals surface area contributed by atoms with E-state index in [0.717, 1.165) is 61.3 Å². The first kappa shape index (κ1) is 52.5. The van der Waals surface area contributed by atoms with Crippen LogP contribution in [0.4, 0.5) is 11.4 Å². The van der Waals surface area contributed by atoms with Crippen LogP contribution in [0.15, 0.2) is 52.4 Å². The largest absolute Gasteiger partial charge is 3.00 e. The summed E-state index contributed by atoms with van der Waals surface area (Å²) in [6.45, 7) is 18.0. The van der Waals surface area contributed by atoms with Gasteiger partial charge < -0.3 is 37.2 Å². The van der Waals surface area contributed by atoms with Gasteiger partial charge in [0, 0.05) is 0 Å². The summed E-state index contributed by atoms with van der Waals surface area (Å²) in [5.41, 5.74) is 14.8. The Kier molecular flexibility index (Phi) is 30.0. The fourth-order valence-electron chi connectivity index (χ4n) is 6.52. The Morgan fingerprint density at radius 3 is 1.00 bits per heavy atom. The molecule has 3 nitrogen and oxygen atoms in total. The van der Waals surface area contributed by atoms with E-state index >= 15 is 0 Å². The molecule has 0 unspecified atom stereocenters. The van der Waals surface area contributed by atoms with Crippen LogP contribution in [0.25, 0.3) is 0 Å². The average molecular weight is 807 g/mol. The van der Waals surface area contributed by atoms with Crippen molar-refractivity contribution in [2.75, 3.05) is 0 Å². The van der Waals surface area contributed by atoms with E-state index in [1.165, 1.54) is 122 Å². The molecule has 0 aliphatic carbocycles. The molecule has 0 radical (unpaired) electrons. The molecule has 3 aromatic rings. The monoisotopic (exact) mass is 805 g/mol. The smallest absolute Gasteiger partial charge is 1.00 e. The predicted molar refractivity (Wildman–Crippen MR) is 213 cm³/mol. The van der Waals surface area contributed by atoms with E-state index < -0.39 is 0 Å². The number of nitrogens with zero attached hydrogens (tertiary/aromatic N) is 3. The van der Waals surface area contributed by atoms with Crippen molar-refractivity contribution in [2.45, 2.75) is 171 Å². The Morgan fingerprint density at radius 2 is 0.731 bits per heavy atom. The van der Waals surface area contributed by atoms with Crippen molar-refractivity contribution in [2.24, 2.45) is 9.98 Å². The molecule has 0 saturated carbocycles. The molecule has 0 atom stereocenters. The number of hydrogen-bond acceptors (Lipinski definition) is 3. The minimum absolute atomic E-state index is 0. The summed E-state index contributed by atoms with van der Waals surface area (Å²) in [7, 11) is 0. The van der Waals surface area contributed by atoms with Gasteiger partial charge >= 0.3 is 18.6 Å². The molecule has 0 amide bonds. The number of aryl methyl sites for hydroxylation is 6. The third-order valence-corrected chi connectivity index (χ3v) is 9.54. The van der Waals surface area contributed by atoms with Crippen LogP contribution < -0.4 is 37.2 Å². The van der Waals surface area contributed by atoms with Crippen LogP contribution in [0.3, 0.4) is 0 Å². The van der Waals surface area contributed by atoms with Gasteiger partial charge in [-0.3, -0.25) is 9.98 Å². The Balaban J connectivity index is 0. The number of unbranched alkanes of at least 4 members (excludes halogenated alkanes) is 6. The summed E-state index contributed by atoms with van der Waals surface area (Å²) in [6.07, 6.45) is 21.1. The molecule has 0 N–H and O–H groups in total. The van der Waals surface area contributed by atoms with Crippen LogP contribution in [0, 0.1) is 0 Å². The maximum atomic E-state index is 5.38. The second-order valence-corrected chi connectivity index (χ2v) is 13.9. The summed E-state index contributed by atoms with van der Waals surface area (Å²) in [5, 5.41) is 0. The number of pyridine rings is 1. The summed E-state index contributed by atoms with van der Waals surface area (Å²) in [6, 6.07) is 16.2. The SMILES string of the molecule is CCCCc1cc(CCCC)c(N=C(C)c2cccc(C(C)=Nc3c(CCCC)cc(CCCC)cc3CCCC)n2)c(CCCC)c1.[Cl-].[Cl-].[Cl-].[V+3]. The van der Waals surface area contributed by atoms with Gasteiger partial charge in [-0.1, -0.05) is 110 Å². The topological polar surface area (TPSA) is 37.6 Å². The molecule has 2 aromatic carbocycles. The second kappa shape index (κ2) is 29.7. The molecule has 0 aliphatic heterocycles. The summed E-state index contributed by atoms with van der Waals surface area (Å²) >= 11 is 0. The normalized spacial score (nSPS) is 11.3. The van der Waals surface area contributed by atoms with Crippen molar-refractivity contribution >= 4 is 22.8 Å². The molecule has 3 rings (SSSR count). The van der Waals surface area contributed by atoms with E-state index in [0.29, 0.717) is 0 Å². The molecule has 1 aromatic heterocycles. The van der Waals surface area contributed by atoms with Crippen LogP contribution in [0.5, 0.6) is 0 Å². The van der Waals surface area contributed by atoms with Gasteiger partial charge in [0.15, 0.2) is 0 Å². The molecule has 1 heterocycles. The Labute approximate surface area is 349 Å². The van der Waals surface area contributed by atoms with Crippen LogP contribution >= 0.6 is 0 Å². The first-order chi connectivity index (χ1) is 23.4. The number of benzene rings is 2. The Morgan fingerprint density at radius 1 is 0.462 bits per heavy atom. The fourth-order valence-corrected chi connectivity index (χ4v) is 6.52. The summed E-state index contributed by atoms with van der Waals surface area (Å²) in [4.78, 5) is 16.0. The van der Waals surface area contributed by atoms with Crippen LogP contribution in [-0.2, 0) is 57.1 Å². The number of halogens is 3. The Hall–Kier alpha value is -1.62. The molecule has 0 aliphatic rings. The standard InChI is InChI=1S/C45H67N3.3ClH.V/c1-9-15-22-36-30-38(24-17-11-3)44(39(31-36)25-18-12-4)46-34(7)42-28-21-29-43(48-42)35(8)47-45-40(26-19-13-5)32-37(23-16-10-2)33-41(45)27-20-14-6;;;;/h21,28-33H,9-20,22-27H2,1-8H3;3*1H;/q;;;;+3/p-3. The molecule has 7 heteroatoms. The van der Waals surface area contributed by atoms with Gasteiger partial charge in [0.2, 0.25) is 0 Å². The molecular formula is C45H67Cl3N3V. The first-order valence-corrected chi connectivity index (χ1v) is 19.8. The van der Waals surface area contributed by atoms with E-state index in [9.17, 15) is 0 Å². The van der Waals surface area contributed by atoms with Crippen molar-refractivity contribution < 1.29 is 55.8 Å². The van der Waals surface area contributed by atoms with Gasteiger partial charge in [0.05, 0.1) is 34.2 Å². The predicted octanol–water partition coefficient (Wildman–Crippen LogP) is 4.43. The van der Waals surface area contributed by atoms with E-state index in [-0.39, 0.29) is 55.8 Å². The van der Waals surface area contributed by atoms with Gasteiger partial charge in [0.1, 0.15) is 0 Å². The number of hydrogen-bond donors (Lipinski definition) is 0. The zero-order valence-electron chi connectivity index (χ0n) is 33.7. The van der Waals surface area contributed by atoms with Gasteiger partial charge in [0.25, 0.3) is 0 Å². The second-order valence-electron chi connectivity index (χ2n) is 13.9. The third kappa shape index (κ3) is 16.8. The third-order valence-electron chi connectivity index (χ3n) is 9.54. The molecule has 0 saturated heterocycles. The number of rotatable bonds is 22. The minimum Gasteiger partial charge on any atom is -1.00 e. The summed E-state index contributed by atoms with van der Waals surface area (Å²) in [5.74, 6) is 0. The molecule has 0 fully saturated rings. The quantitative estimate of drug-likeness (QED) is 0.139.